The first-order valence-corrected chi connectivity index (χ1v) is 14.1. The normalized spacial score (nSPS) is 16.3. The van der Waals surface area contributed by atoms with Crippen LogP contribution in [0.2, 0.25) is 0 Å². The molecule has 2 aromatic carbocycles. The molecule has 1 aromatic heterocycles. The summed E-state index contributed by atoms with van der Waals surface area (Å²) in [6.45, 7) is 4.49. The van der Waals surface area contributed by atoms with Crippen molar-refractivity contribution in [2.24, 2.45) is 0 Å². The Balaban J connectivity index is 1.38. The Morgan fingerprint density at radius 2 is 1.81 bits per heavy atom. The average molecular weight is 506 g/mol. The van der Waals surface area contributed by atoms with Crippen LogP contribution in [0, 0.1) is 6.92 Å². The topological polar surface area (TPSA) is 99.6 Å². The molecule has 0 radical (unpaired) electrons. The van der Waals surface area contributed by atoms with Crippen LogP contribution in [0.15, 0.2) is 59.5 Å². The van der Waals surface area contributed by atoms with Crippen molar-refractivity contribution in [3.05, 3.63) is 71.4 Å². The van der Waals surface area contributed by atoms with Gasteiger partial charge in [-0.3, -0.25) is 4.90 Å². The van der Waals surface area contributed by atoms with E-state index in [1.807, 2.05) is 25.1 Å². The summed E-state index contributed by atoms with van der Waals surface area (Å²) in [5.74, 6) is 0.288. The van der Waals surface area contributed by atoms with E-state index in [0.717, 1.165) is 59.4 Å². The van der Waals surface area contributed by atoms with Crippen molar-refractivity contribution < 1.29 is 18.3 Å². The van der Waals surface area contributed by atoms with E-state index in [9.17, 15) is 18.3 Å². The fourth-order valence-electron chi connectivity index (χ4n) is 5.49. The number of fused-ring (bicyclic) bond motifs is 2. The first-order valence-electron chi connectivity index (χ1n) is 12.4. The minimum atomic E-state index is -3.25. The number of nitrogens with one attached hydrogen (secondary N) is 1. The van der Waals surface area contributed by atoms with Crippen molar-refractivity contribution in [3.63, 3.8) is 0 Å². The first kappa shape index (κ1) is 24.3. The van der Waals surface area contributed by atoms with Crippen LogP contribution in [-0.2, 0) is 21.8 Å². The molecule has 5 rings (SSSR count). The second-order valence-corrected chi connectivity index (χ2v) is 12.1. The quantitative estimate of drug-likeness (QED) is 0.503. The highest BCUT2D eigenvalue weighted by molar-refractivity contribution is 7.91. The van der Waals surface area contributed by atoms with Gasteiger partial charge in [-0.25, -0.2) is 18.2 Å². The number of sulfone groups is 1. The number of pyridine rings is 1. The molecule has 36 heavy (non-hydrogen) atoms. The van der Waals surface area contributed by atoms with Crippen LogP contribution >= 0.6 is 0 Å². The summed E-state index contributed by atoms with van der Waals surface area (Å²) < 4.78 is 24.1. The van der Waals surface area contributed by atoms with Crippen molar-refractivity contribution >= 4 is 21.6 Å². The molecule has 1 fully saturated rings. The number of hydrogen-bond donors (Lipinski definition) is 2. The lowest BCUT2D eigenvalue weighted by atomic mass is 9.84. The molecule has 0 saturated heterocycles. The van der Waals surface area contributed by atoms with Crippen LogP contribution in [0.4, 0.5) is 10.5 Å². The van der Waals surface area contributed by atoms with Gasteiger partial charge in [0.25, 0.3) is 0 Å². The maximum atomic E-state index is 13.3. The third-order valence-electron chi connectivity index (χ3n) is 7.53. The third kappa shape index (κ3) is 4.34. The lowest BCUT2D eigenvalue weighted by Gasteiger charge is -2.24. The second kappa shape index (κ2) is 9.24. The lowest BCUT2D eigenvalue weighted by molar-refractivity contribution is 0.245. The molecule has 1 aliphatic carbocycles. The zero-order valence-corrected chi connectivity index (χ0v) is 21.4. The number of anilines is 1. The largest absolute Gasteiger partial charge is 0.508 e. The molecule has 2 heterocycles. The van der Waals surface area contributed by atoms with E-state index in [2.05, 4.69) is 5.32 Å². The number of rotatable bonds is 5. The number of nitrogens with zero attached hydrogens (tertiary/aromatic N) is 2. The molecule has 188 valence electrons. The monoisotopic (exact) mass is 505 g/mol. The number of carbonyl (C=O) groups is 1. The van der Waals surface area contributed by atoms with Crippen molar-refractivity contribution in [1.29, 1.82) is 0 Å². The van der Waals surface area contributed by atoms with Gasteiger partial charge in [0.1, 0.15) is 5.75 Å². The summed E-state index contributed by atoms with van der Waals surface area (Å²) in [5.41, 5.74) is 5.30. The smallest absolute Gasteiger partial charge is 0.322 e. The van der Waals surface area contributed by atoms with Gasteiger partial charge in [0.2, 0.25) is 0 Å². The van der Waals surface area contributed by atoms with Crippen molar-refractivity contribution in [3.8, 4) is 17.0 Å². The summed E-state index contributed by atoms with van der Waals surface area (Å²) in [6, 6.07) is 15.7. The maximum absolute atomic E-state index is 13.3. The van der Waals surface area contributed by atoms with Gasteiger partial charge in [-0.05, 0) is 73.4 Å². The molecule has 0 unspecified atom stereocenters. The Labute approximate surface area is 212 Å². The van der Waals surface area contributed by atoms with Crippen molar-refractivity contribution in [2.45, 2.75) is 56.4 Å². The van der Waals surface area contributed by atoms with Gasteiger partial charge in [-0.1, -0.05) is 31.9 Å². The van der Waals surface area contributed by atoms with Crippen molar-refractivity contribution in [1.82, 2.24) is 10.3 Å². The number of carbonyl (C=O) groups excluding carboxylic acids is 1. The first-order chi connectivity index (χ1) is 17.2. The number of amides is 2. The molecular weight excluding hydrogens is 474 g/mol. The van der Waals surface area contributed by atoms with E-state index in [1.165, 1.54) is 0 Å². The highest BCUT2D eigenvalue weighted by Gasteiger charge is 2.47. The standard InChI is InChI=1S/C28H31N3O4S/c1-3-36(34,35)22-9-6-20(7-10-22)17-29-27(33)31-18-28(14-4-5-15-28)26-25(31)13-12-24(30-26)23-11-8-21(32)16-19(23)2/h6-13,16,32H,3-5,14-15,17-18H2,1-2H3,(H,29,33). The number of phenolic OH excluding ortho intramolecular Hbond substituents is 1. The van der Waals surface area contributed by atoms with Gasteiger partial charge in [-0.15, -0.1) is 0 Å². The molecule has 0 atom stereocenters. The fraction of sp³-hybridized carbons (Fsp3) is 0.357. The van der Waals surface area contributed by atoms with Crippen LogP contribution in [-0.4, -0.2) is 36.8 Å². The van der Waals surface area contributed by atoms with Crippen LogP contribution in [0.3, 0.4) is 0 Å². The highest BCUT2D eigenvalue weighted by atomic mass is 32.2. The maximum Gasteiger partial charge on any atom is 0.322 e. The number of benzene rings is 2. The molecule has 3 aromatic rings. The van der Waals surface area contributed by atoms with E-state index in [1.54, 1.807) is 48.2 Å². The van der Waals surface area contributed by atoms with Gasteiger partial charge in [0.05, 0.1) is 27.7 Å². The Hall–Kier alpha value is -3.39. The summed E-state index contributed by atoms with van der Waals surface area (Å²) in [7, 11) is -3.25. The van der Waals surface area contributed by atoms with E-state index >= 15 is 0 Å². The number of aryl methyl sites for hydroxylation is 1. The Morgan fingerprint density at radius 1 is 1.08 bits per heavy atom. The summed E-state index contributed by atoms with van der Waals surface area (Å²) in [5, 5.41) is 12.8. The molecule has 1 spiro atoms. The number of aromatic nitrogens is 1. The van der Waals surface area contributed by atoms with E-state index in [4.69, 9.17) is 4.98 Å². The van der Waals surface area contributed by atoms with Crippen LogP contribution in [0.5, 0.6) is 5.75 Å². The molecule has 2 N–H and O–H groups in total. The molecule has 1 saturated carbocycles. The molecule has 7 nitrogen and oxygen atoms in total. The van der Waals surface area contributed by atoms with Gasteiger partial charge in [0, 0.05) is 24.1 Å². The van der Waals surface area contributed by atoms with Gasteiger partial charge in [-0.2, -0.15) is 0 Å². The number of urea groups is 1. The number of hydrogen-bond acceptors (Lipinski definition) is 5. The predicted molar refractivity (Wildman–Crippen MR) is 140 cm³/mol. The highest BCUT2D eigenvalue weighted by Crippen LogP contribution is 2.50. The Kier molecular flexibility index (Phi) is 6.24. The minimum Gasteiger partial charge on any atom is -0.508 e. The summed E-state index contributed by atoms with van der Waals surface area (Å²) in [4.78, 5) is 20.5. The molecule has 2 aliphatic rings. The van der Waals surface area contributed by atoms with Crippen LogP contribution in [0.1, 0.15) is 49.4 Å². The van der Waals surface area contributed by atoms with Gasteiger partial charge >= 0.3 is 6.03 Å². The van der Waals surface area contributed by atoms with Gasteiger partial charge < -0.3 is 10.4 Å². The summed E-state index contributed by atoms with van der Waals surface area (Å²) >= 11 is 0. The predicted octanol–water partition coefficient (Wildman–Crippen LogP) is 5.10. The van der Waals surface area contributed by atoms with Crippen LogP contribution in [0.25, 0.3) is 11.3 Å². The van der Waals surface area contributed by atoms with E-state index < -0.39 is 9.84 Å². The Bertz CT molecular complexity index is 1410. The zero-order valence-electron chi connectivity index (χ0n) is 20.6. The molecule has 8 heteroatoms. The lowest BCUT2D eigenvalue weighted by Crippen LogP contribution is -2.41. The van der Waals surface area contributed by atoms with E-state index in [-0.39, 0.29) is 22.9 Å². The fourth-order valence-corrected chi connectivity index (χ4v) is 6.37. The average Bonchev–Trinajstić information content (AvgIpc) is 3.48. The zero-order chi connectivity index (χ0) is 25.5. The molecular formula is C28H31N3O4S. The van der Waals surface area contributed by atoms with Crippen LogP contribution < -0.4 is 10.2 Å². The molecule has 0 bridgehead atoms. The van der Waals surface area contributed by atoms with E-state index in [0.29, 0.717) is 18.0 Å². The third-order valence-corrected chi connectivity index (χ3v) is 9.28. The number of phenols is 1. The number of aromatic hydroxyl groups is 1. The Morgan fingerprint density at radius 3 is 2.47 bits per heavy atom. The summed E-state index contributed by atoms with van der Waals surface area (Å²) in [6.07, 6.45) is 4.24. The SMILES string of the molecule is CCS(=O)(=O)c1ccc(CNC(=O)N2CC3(CCCC3)c3nc(-c4ccc(O)cc4C)ccc32)cc1. The van der Waals surface area contributed by atoms with Gasteiger partial charge in [0.15, 0.2) is 9.84 Å². The second-order valence-electron chi connectivity index (χ2n) is 9.84. The molecule has 2 amide bonds. The molecule has 1 aliphatic heterocycles. The van der Waals surface area contributed by atoms with Crippen molar-refractivity contribution in [2.75, 3.05) is 17.2 Å². The minimum absolute atomic E-state index is 0.0568.